The van der Waals surface area contributed by atoms with Crippen molar-refractivity contribution >= 4 is 5.97 Å². The Bertz CT molecular complexity index is 245. The van der Waals surface area contributed by atoms with E-state index in [2.05, 4.69) is 20.8 Å². The lowest BCUT2D eigenvalue weighted by Crippen LogP contribution is -2.44. The monoisotopic (exact) mass is 230 g/mol. The first-order valence-corrected chi connectivity index (χ1v) is 5.72. The molecule has 0 aromatic heterocycles. The van der Waals surface area contributed by atoms with Crippen LogP contribution in [0, 0.1) is 16.2 Å². The maximum absolute atomic E-state index is 12.0. The molecule has 0 fully saturated rings. The first-order chi connectivity index (χ1) is 6.94. The van der Waals surface area contributed by atoms with Gasteiger partial charge in [-0.1, -0.05) is 41.5 Å². The molecule has 3 nitrogen and oxygen atoms in total. The molecule has 1 N–H and O–H groups in total. The summed E-state index contributed by atoms with van der Waals surface area (Å²) in [5.41, 5.74) is -0.753. The Morgan fingerprint density at radius 2 is 1.50 bits per heavy atom. The van der Waals surface area contributed by atoms with Gasteiger partial charge in [-0.25, -0.2) is 0 Å². The molecule has 0 aliphatic carbocycles. The van der Waals surface area contributed by atoms with Crippen molar-refractivity contribution < 1.29 is 14.6 Å². The summed E-state index contributed by atoms with van der Waals surface area (Å²) >= 11 is 0. The molecule has 0 rings (SSSR count). The van der Waals surface area contributed by atoms with E-state index in [1.54, 1.807) is 0 Å². The van der Waals surface area contributed by atoms with Crippen LogP contribution in [-0.2, 0) is 9.53 Å². The van der Waals surface area contributed by atoms with Gasteiger partial charge in [-0.05, 0) is 24.2 Å². The van der Waals surface area contributed by atoms with E-state index in [9.17, 15) is 4.79 Å². The maximum Gasteiger partial charge on any atom is 0.314 e. The Morgan fingerprint density at radius 3 is 1.75 bits per heavy atom. The fraction of sp³-hybridized carbons (Fsp3) is 0.923. The lowest BCUT2D eigenvalue weighted by molar-refractivity contribution is -0.173. The van der Waals surface area contributed by atoms with E-state index in [0.29, 0.717) is 0 Å². The van der Waals surface area contributed by atoms with E-state index in [1.165, 1.54) is 0 Å². The minimum Gasteiger partial charge on any atom is -0.438 e. The number of ether oxygens (including phenoxy) is 1. The lowest BCUT2D eigenvalue weighted by atomic mass is 9.61. The van der Waals surface area contributed by atoms with Crippen molar-refractivity contribution in [2.24, 2.45) is 16.2 Å². The number of rotatable bonds is 3. The first-order valence-electron chi connectivity index (χ1n) is 5.72. The van der Waals surface area contributed by atoms with Gasteiger partial charge in [0.2, 0.25) is 0 Å². The quantitative estimate of drug-likeness (QED) is 0.599. The predicted molar refractivity (Wildman–Crippen MR) is 64.8 cm³/mol. The molecule has 96 valence electrons. The maximum atomic E-state index is 12.0. The average Bonchev–Trinajstić information content (AvgIpc) is 1.99. The standard InChI is InChI=1S/C13H26O3/c1-11(2,3)8-13(7,12(4,5)6)10(15)16-9-14/h14H,8-9H2,1-7H3. The highest BCUT2D eigenvalue weighted by atomic mass is 16.6. The Balaban J connectivity index is 5.13. The van der Waals surface area contributed by atoms with E-state index in [-0.39, 0.29) is 16.8 Å². The fourth-order valence-electron chi connectivity index (χ4n) is 1.92. The number of hydrogen-bond donors (Lipinski definition) is 1. The van der Waals surface area contributed by atoms with E-state index in [1.807, 2.05) is 27.7 Å². The Hall–Kier alpha value is -0.570. The van der Waals surface area contributed by atoms with E-state index < -0.39 is 12.2 Å². The molecule has 0 amide bonds. The molecule has 1 atom stereocenters. The Labute approximate surface area is 99.2 Å². The van der Waals surface area contributed by atoms with Crippen molar-refractivity contribution in [2.75, 3.05) is 6.79 Å². The fourth-order valence-corrected chi connectivity index (χ4v) is 1.92. The SMILES string of the molecule is CC(C)(C)CC(C)(C(=O)OCO)C(C)(C)C. The summed E-state index contributed by atoms with van der Waals surface area (Å²) in [6.45, 7) is 13.7. The smallest absolute Gasteiger partial charge is 0.314 e. The summed E-state index contributed by atoms with van der Waals surface area (Å²) in [6, 6.07) is 0. The van der Waals surface area contributed by atoms with Crippen molar-refractivity contribution in [1.29, 1.82) is 0 Å². The number of esters is 1. The van der Waals surface area contributed by atoms with Gasteiger partial charge in [-0.3, -0.25) is 4.79 Å². The van der Waals surface area contributed by atoms with Crippen LogP contribution in [0.25, 0.3) is 0 Å². The highest BCUT2D eigenvalue weighted by Crippen LogP contribution is 2.47. The predicted octanol–water partition coefficient (Wildman–Crippen LogP) is 2.97. The van der Waals surface area contributed by atoms with Gasteiger partial charge in [0.25, 0.3) is 0 Å². The van der Waals surface area contributed by atoms with Crippen molar-refractivity contribution in [2.45, 2.75) is 54.9 Å². The second-order valence-corrected chi connectivity index (χ2v) is 6.88. The summed E-state index contributed by atoms with van der Waals surface area (Å²) in [4.78, 5) is 12.0. The van der Waals surface area contributed by atoms with Crippen LogP contribution in [-0.4, -0.2) is 17.9 Å². The third-order valence-electron chi connectivity index (χ3n) is 3.19. The molecule has 0 spiro atoms. The zero-order chi connectivity index (χ0) is 13.2. The number of carbonyl (C=O) groups is 1. The molecule has 16 heavy (non-hydrogen) atoms. The van der Waals surface area contributed by atoms with E-state index in [0.717, 1.165) is 6.42 Å². The molecule has 0 aliphatic rings. The molecule has 0 aliphatic heterocycles. The normalized spacial score (nSPS) is 16.8. The number of carbonyl (C=O) groups excluding carboxylic acids is 1. The molecule has 0 saturated carbocycles. The molecule has 1 unspecified atom stereocenters. The van der Waals surface area contributed by atoms with Crippen molar-refractivity contribution in [3.05, 3.63) is 0 Å². The van der Waals surface area contributed by atoms with Crippen molar-refractivity contribution in [3.8, 4) is 0 Å². The highest BCUT2D eigenvalue weighted by molar-refractivity contribution is 5.77. The van der Waals surface area contributed by atoms with Crippen molar-refractivity contribution in [1.82, 2.24) is 0 Å². The van der Waals surface area contributed by atoms with Gasteiger partial charge in [0.15, 0.2) is 6.79 Å². The first kappa shape index (κ1) is 15.4. The van der Waals surface area contributed by atoms with Crippen LogP contribution >= 0.6 is 0 Å². The zero-order valence-electron chi connectivity index (χ0n) is 11.7. The van der Waals surface area contributed by atoms with Gasteiger partial charge in [0, 0.05) is 0 Å². The second kappa shape index (κ2) is 4.74. The van der Waals surface area contributed by atoms with Crippen LogP contribution in [0.5, 0.6) is 0 Å². The molecule has 0 aromatic carbocycles. The molecule has 0 bridgehead atoms. The largest absolute Gasteiger partial charge is 0.438 e. The number of hydrogen-bond acceptors (Lipinski definition) is 3. The Morgan fingerprint density at radius 1 is 1.06 bits per heavy atom. The molecule has 0 radical (unpaired) electrons. The van der Waals surface area contributed by atoms with Crippen LogP contribution in [0.3, 0.4) is 0 Å². The molecular weight excluding hydrogens is 204 g/mol. The van der Waals surface area contributed by atoms with E-state index >= 15 is 0 Å². The summed E-state index contributed by atoms with van der Waals surface area (Å²) in [5, 5.41) is 8.72. The van der Waals surface area contributed by atoms with E-state index in [4.69, 9.17) is 9.84 Å². The molecule has 0 saturated heterocycles. The summed E-state index contributed by atoms with van der Waals surface area (Å²) < 4.78 is 4.80. The molecular formula is C13H26O3. The summed E-state index contributed by atoms with van der Waals surface area (Å²) in [6.07, 6.45) is 0.725. The summed E-state index contributed by atoms with van der Waals surface area (Å²) in [5.74, 6) is -0.322. The van der Waals surface area contributed by atoms with Gasteiger partial charge in [0.05, 0.1) is 5.41 Å². The van der Waals surface area contributed by atoms with Gasteiger partial charge in [-0.15, -0.1) is 0 Å². The third-order valence-corrected chi connectivity index (χ3v) is 3.19. The van der Waals surface area contributed by atoms with Gasteiger partial charge in [-0.2, -0.15) is 0 Å². The number of aliphatic hydroxyl groups is 1. The Kier molecular flexibility index (Phi) is 4.57. The lowest BCUT2D eigenvalue weighted by Gasteiger charge is -2.43. The minimum absolute atomic E-state index is 0.0382. The molecule has 0 heterocycles. The summed E-state index contributed by atoms with van der Waals surface area (Å²) in [7, 11) is 0. The highest BCUT2D eigenvalue weighted by Gasteiger charge is 2.47. The van der Waals surface area contributed by atoms with Gasteiger partial charge in [0.1, 0.15) is 0 Å². The number of aliphatic hydroxyl groups excluding tert-OH is 1. The van der Waals surface area contributed by atoms with Gasteiger partial charge < -0.3 is 9.84 Å². The topological polar surface area (TPSA) is 46.5 Å². The van der Waals surface area contributed by atoms with Crippen molar-refractivity contribution in [3.63, 3.8) is 0 Å². The average molecular weight is 230 g/mol. The van der Waals surface area contributed by atoms with Crippen LogP contribution in [0.15, 0.2) is 0 Å². The second-order valence-electron chi connectivity index (χ2n) is 6.88. The molecule has 0 aromatic rings. The minimum atomic E-state index is -0.589. The van der Waals surface area contributed by atoms with Crippen LogP contribution in [0.2, 0.25) is 0 Å². The van der Waals surface area contributed by atoms with Gasteiger partial charge >= 0.3 is 5.97 Å². The zero-order valence-corrected chi connectivity index (χ0v) is 11.7. The third kappa shape index (κ3) is 3.78. The van der Waals surface area contributed by atoms with Crippen LogP contribution < -0.4 is 0 Å². The van der Waals surface area contributed by atoms with Crippen LogP contribution in [0.1, 0.15) is 54.9 Å². The molecule has 3 heteroatoms. The van der Waals surface area contributed by atoms with Crippen LogP contribution in [0.4, 0.5) is 0 Å².